The highest BCUT2D eigenvalue weighted by Gasteiger charge is 2.26. The molecule has 0 aliphatic carbocycles. The number of sulfonamides is 1. The van der Waals surface area contributed by atoms with Crippen molar-refractivity contribution in [2.24, 2.45) is 21.7 Å². The number of nitrogens with two attached hydrogens (primary N) is 1. The van der Waals surface area contributed by atoms with Crippen molar-refractivity contribution in [1.82, 2.24) is 4.72 Å². The molecule has 0 heterocycles. The van der Waals surface area contributed by atoms with Crippen LogP contribution in [-0.4, -0.2) is 31.8 Å². The molecule has 0 amide bonds. The number of amidine groups is 1. The zero-order valence-electron chi connectivity index (χ0n) is 11.8. The Morgan fingerprint density at radius 2 is 1.78 bits per heavy atom. The third-order valence-corrected chi connectivity index (χ3v) is 3.98. The summed E-state index contributed by atoms with van der Waals surface area (Å²) in [6.07, 6.45) is 0.576. The molecule has 0 radical (unpaired) electrons. The summed E-state index contributed by atoms with van der Waals surface area (Å²) in [5, 5.41) is 11.5. The van der Waals surface area contributed by atoms with E-state index < -0.39 is 15.4 Å². The molecule has 7 heteroatoms. The van der Waals surface area contributed by atoms with E-state index in [4.69, 9.17) is 10.9 Å². The molecule has 0 aromatic carbocycles. The minimum Gasteiger partial charge on any atom is -0.409 e. The molecule has 0 fully saturated rings. The van der Waals surface area contributed by atoms with Crippen LogP contribution in [0.3, 0.4) is 0 Å². The van der Waals surface area contributed by atoms with E-state index >= 15 is 0 Å². The van der Waals surface area contributed by atoms with Gasteiger partial charge in [-0.2, -0.15) is 0 Å². The fourth-order valence-electron chi connectivity index (χ4n) is 1.03. The maximum absolute atomic E-state index is 11.8. The molecule has 4 N–H and O–H groups in total. The average Bonchev–Trinajstić information content (AvgIpc) is 2.22. The predicted molar refractivity (Wildman–Crippen MR) is 73.1 cm³/mol. The molecule has 6 nitrogen and oxygen atoms in total. The monoisotopic (exact) mass is 279 g/mol. The van der Waals surface area contributed by atoms with Crippen LogP contribution in [0, 0.1) is 10.8 Å². The number of oxime groups is 1. The molecule has 0 bridgehead atoms. The van der Waals surface area contributed by atoms with Crippen molar-refractivity contribution in [3.05, 3.63) is 0 Å². The summed E-state index contributed by atoms with van der Waals surface area (Å²) in [4.78, 5) is 0. The molecule has 0 spiro atoms. The number of nitrogens with one attached hydrogen (secondary N) is 1. The molecular weight excluding hydrogens is 254 g/mol. The standard InChI is InChI=1S/C11H25N3O3S/c1-10(2,3)6-7-18(16,17)13-8-11(4,5)9(12)14-15/h13,15H,6-8H2,1-5H3,(H2,12,14). The number of rotatable bonds is 6. The summed E-state index contributed by atoms with van der Waals surface area (Å²) in [5.74, 6) is 0.0731. The summed E-state index contributed by atoms with van der Waals surface area (Å²) in [6, 6.07) is 0. The highest BCUT2D eigenvalue weighted by atomic mass is 32.2. The van der Waals surface area contributed by atoms with E-state index in [0.29, 0.717) is 6.42 Å². The fourth-order valence-corrected chi connectivity index (χ4v) is 2.64. The Morgan fingerprint density at radius 1 is 1.28 bits per heavy atom. The zero-order chi connectivity index (χ0) is 14.6. The van der Waals surface area contributed by atoms with Gasteiger partial charge in [0.05, 0.1) is 5.75 Å². The van der Waals surface area contributed by atoms with Gasteiger partial charge >= 0.3 is 0 Å². The van der Waals surface area contributed by atoms with Crippen LogP contribution in [0.25, 0.3) is 0 Å². The Hall–Kier alpha value is -0.820. The lowest BCUT2D eigenvalue weighted by molar-refractivity contribution is 0.307. The molecule has 18 heavy (non-hydrogen) atoms. The first-order valence-corrected chi connectivity index (χ1v) is 7.50. The van der Waals surface area contributed by atoms with E-state index in [1.165, 1.54) is 0 Å². The minimum atomic E-state index is -3.33. The summed E-state index contributed by atoms with van der Waals surface area (Å²) in [7, 11) is -3.33. The molecular formula is C11H25N3O3S. The van der Waals surface area contributed by atoms with Crippen molar-refractivity contribution >= 4 is 15.9 Å². The Bertz CT molecular complexity index is 394. The van der Waals surface area contributed by atoms with Crippen LogP contribution in [0.1, 0.15) is 41.0 Å². The molecule has 0 aromatic rings. The molecule has 0 aliphatic heterocycles. The van der Waals surface area contributed by atoms with Crippen molar-refractivity contribution in [3.8, 4) is 0 Å². The molecule has 0 saturated heterocycles. The highest BCUT2D eigenvalue weighted by Crippen LogP contribution is 2.19. The maximum Gasteiger partial charge on any atom is 0.211 e. The van der Waals surface area contributed by atoms with Crippen LogP contribution in [-0.2, 0) is 10.0 Å². The van der Waals surface area contributed by atoms with E-state index in [1.807, 2.05) is 20.8 Å². The van der Waals surface area contributed by atoms with Crippen LogP contribution in [0.2, 0.25) is 0 Å². The summed E-state index contributed by atoms with van der Waals surface area (Å²) in [6.45, 7) is 9.48. The quantitative estimate of drug-likeness (QED) is 0.293. The van der Waals surface area contributed by atoms with Crippen LogP contribution in [0.5, 0.6) is 0 Å². The molecule has 0 aromatic heterocycles. The van der Waals surface area contributed by atoms with Gasteiger partial charge in [-0.25, -0.2) is 13.1 Å². The zero-order valence-corrected chi connectivity index (χ0v) is 12.6. The van der Waals surface area contributed by atoms with Gasteiger partial charge in [0.1, 0.15) is 5.84 Å². The van der Waals surface area contributed by atoms with Crippen molar-refractivity contribution in [2.75, 3.05) is 12.3 Å². The van der Waals surface area contributed by atoms with Crippen LogP contribution >= 0.6 is 0 Å². The molecule has 0 unspecified atom stereocenters. The maximum atomic E-state index is 11.8. The Balaban J connectivity index is 4.45. The largest absolute Gasteiger partial charge is 0.409 e. The van der Waals surface area contributed by atoms with Gasteiger partial charge in [-0.05, 0) is 11.8 Å². The number of nitrogens with zero attached hydrogens (tertiary/aromatic N) is 1. The summed E-state index contributed by atoms with van der Waals surface area (Å²) in [5.41, 5.74) is 4.74. The number of hydrogen-bond donors (Lipinski definition) is 3. The fraction of sp³-hybridized carbons (Fsp3) is 0.909. The van der Waals surface area contributed by atoms with Gasteiger partial charge in [0.15, 0.2) is 0 Å². The van der Waals surface area contributed by atoms with E-state index in [-0.39, 0.29) is 23.5 Å². The third-order valence-electron chi connectivity index (χ3n) is 2.66. The van der Waals surface area contributed by atoms with E-state index in [1.54, 1.807) is 13.8 Å². The lowest BCUT2D eigenvalue weighted by atomic mass is 9.93. The molecule has 0 atom stereocenters. The second kappa shape index (κ2) is 5.88. The van der Waals surface area contributed by atoms with Crippen molar-refractivity contribution in [2.45, 2.75) is 41.0 Å². The molecule has 0 rings (SSSR count). The highest BCUT2D eigenvalue weighted by molar-refractivity contribution is 7.89. The SMILES string of the molecule is CC(C)(C)CCS(=O)(=O)NCC(C)(C)C(N)=NO. The first-order valence-electron chi connectivity index (χ1n) is 5.85. The average molecular weight is 279 g/mol. The van der Waals surface area contributed by atoms with E-state index in [9.17, 15) is 8.42 Å². The van der Waals surface area contributed by atoms with Gasteiger partial charge in [0, 0.05) is 12.0 Å². The van der Waals surface area contributed by atoms with Gasteiger partial charge in [0.2, 0.25) is 10.0 Å². The van der Waals surface area contributed by atoms with Crippen LogP contribution in [0.4, 0.5) is 0 Å². The smallest absolute Gasteiger partial charge is 0.211 e. The normalized spacial score (nSPS) is 14.8. The second-order valence-corrected chi connectivity index (χ2v) is 8.25. The minimum absolute atomic E-state index is 0.000946. The Labute approximate surface area is 110 Å². The van der Waals surface area contributed by atoms with E-state index in [2.05, 4.69) is 9.88 Å². The topological polar surface area (TPSA) is 105 Å². The Morgan fingerprint density at radius 3 is 2.17 bits per heavy atom. The van der Waals surface area contributed by atoms with Gasteiger partial charge in [-0.3, -0.25) is 0 Å². The summed E-state index contributed by atoms with van der Waals surface area (Å²) >= 11 is 0. The molecule has 0 saturated carbocycles. The molecule has 0 aliphatic rings. The van der Waals surface area contributed by atoms with Crippen LogP contribution in [0.15, 0.2) is 5.16 Å². The lowest BCUT2D eigenvalue weighted by Crippen LogP contribution is -2.43. The predicted octanol–water partition coefficient (Wildman–Crippen LogP) is 1.11. The van der Waals surface area contributed by atoms with Crippen LogP contribution < -0.4 is 10.5 Å². The first-order chi connectivity index (χ1) is 7.90. The lowest BCUT2D eigenvalue weighted by Gasteiger charge is -2.24. The van der Waals surface area contributed by atoms with Crippen molar-refractivity contribution < 1.29 is 13.6 Å². The Kier molecular flexibility index (Phi) is 5.61. The van der Waals surface area contributed by atoms with Gasteiger partial charge in [-0.1, -0.05) is 39.8 Å². The molecule has 108 valence electrons. The van der Waals surface area contributed by atoms with Crippen molar-refractivity contribution in [1.29, 1.82) is 0 Å². The summed E-state index contributed by atoms with van der Waals surface area (Å²) < 4.78 is 26.0. The number of hydrogen-bond acceptors (Lipinski definition) is 4. The van der Waals surface area contributed by atoms with Gasteiger partial charge < -0.3 is 10.9 Å². The van der Waals surface area contributed by atoms with E-state index in [0.717, 1.165) is 0 Å². The van der Waals surface area contributed by atoms with Gasteiger partial charge in [0.25, 0.3) is 0 Å². The third kappa shape index (κ3) is 6.80. The second-order valence-electron chi connectivity index (χ2n) is 6.32. The van der Waals surface area contributed by atoms with Crippen molar-refractivity contribution in [3.63, 3.8) is 0 Å². The first kappa shape index (κ1) is 17.2. The van der Waals surface area contributed by atoms with Gasteiger partial charge in [-0.15, -0.1) is 0 Å².